The third-order valence-corrected chi connectivity index (χ3v) is 3.56. The van der Waals surface area contributed by atoms with Crippen molar-refractivity contribution in [3.8, 4) is 0 Å². The molecule has 1 aliphatic heterocycles. The highest BCUT2D eigenvalue weighted by molar-refractivity contribution is 5.94. The highest BCUT2D eigenvalue weighted by Crippen LogP contribution is 2.15. The number of hydrogen-bond acceptors (Lipinski definition) is 4. The summed E-state index contributed by atoms with van der Waals surface area (Å²) in [6, 6.07) is 7.12. The molecule has 1 aromatic carbocycles. The van der Waals surface area contributed by atoms with Crippen molar-refractivity contribution >= 4 is 17.6 Å². The van der Waals surface area contributed by atoms with Gasteiger partial charge >= 0.3 is 5.97 Å². The van der Waals surface area contributed by atoms with Crippen LogP contribution in [0.3, 0.4) is 0 Å². The van der Waals surface area contributed by atoms with Crippen LogP contribution < -0.4 is 5.32 Å². The average Bonchev–Trinajstić information content (AvgIpc) is 2.45. The molecule has 0 saturated carbocycles. The van der Waals surface area contributed by atoms with Crippen molar-refractivity contribution in [1.29, 1.82) is 0 Å². The number of rotatable bonds is 5. The van der Waals surface area contributed by atoms with Gasteiger partial charge in [-0.05, 0) is 32.0 Å². The third kappa shape index (κ3) is 4.29. The number of cyclic esters (lactones) is 1. The van der Waals surface area contributed by atoms with E-state index in [1.165, 1.54) is 0 Å². The van der Waals surface area contributed by atoms with E-state index in [0.717, 1.165) is 24.2 Å². The molecule has 0 aromatic heterocycles. The van der Waals surface area contributed by atoms with Crippen LogP contribution in [-0.2, 0) is 14.3 Å². The van der Waals surface area contributed by atoms with Gasteiger partial charge in [0.15, 0.2) is 0 Å². The van der Waals surface area contributed by atoms with Gasteiger partial charge in [-0.3, -0.25) is 14.5 Å². The van der Waals surface area contributed by atoms with Crippen LogP contribution in [0.4, 0.5) is 5.69 Å². The zero-order valence-corrected chi connectivity index (χ0v) is 12.6. The molecule has 1 fully saturated rings. The Balaban J connectivity index is 1.96. The van der Waals surface area contributed by atoms with Crippen LogP contribution in [0.25, 0.3) is 0 Å². The molecule has 1 heterocycles. The van der Waals surface area contributed by atoms with E-state index >= 15 is 0 Å². The van der Waals surface area contributed by atoms with Crippen LogP contribution in [0.1, 0.15) is 25.3 Å². The molecule has 0 aliphatic carbocycles. The third-order valence-electron chi connectivity index (χ3n) is 3.56. The molecule has 5 heteroatoms. The number of carbonyl (C=O) groups excluding carboxylic acids is 2. The van der Waals surface area contributed by atoms with Gasteiger partial charge in [-0.15, -0.1) is 0 Å². The van der Waals surface area contributed by atoms with Crippen molar-refractivity contribution in [2.45, 2.75) is 32.7 Å². The molecule has 0 bridgehead atoms. The Morgan fingerprint density at radius 3 is 2.76 bits per heavy atom. The summed E-state index contributed by atoms with van der Waals surface area (Å²) in [6.45, 7) is 5.96. The van der Waals surface area contributed by atoms with Crippen LogP contribution >= 0.6 is 0 Å². The fourth-order valence-corrected chi connectivity index (χ4v) is 2.46. The fourth-order valence-electron chi connectivity index (χ4n) is 2.46. The number of nitrogens with one attached hydrogen (secondary N) is 1. The van der Waals surface area contributed by atoms with Gasteiger partial charge in [0.1, 0.15) is 12.6 Å². The summed E-state index contributed by atoms with van der Waals surface area (Å²) < 4.78 is 5.07. The number of esters is 1. The van der Waals surface area contributed by atoms with Crippen LogP contribution in [-0.4, -0.2) is 42.5 Å². The van der Waals surface area contributed by atoms with Gasteiger partial charge < -0.3 is 10.1 Å². The monoisotopic (exact) mass is 290 g/mol. The van der Waals surface area contributed by atoms with Crippen LogP contribution in [0.2, 0.25) is 0 Å². The molecule has 2 rings (SSSR count). The number of amides is 1. The normalized spacial score (nSPS) is 19.1. The Bertz CT molecular complexity index is 497. The van der Waals surface area contributed by atoms with Gasteiger partial charge in [-0.25, -0.2) is 0 Å². The number of morpholine rings is 1. The standard InChI is InChI=1S/C16H22N2O3/c1-3-8-18-9-10-21-16(20)14(18)11-15(19)17-13-6-4-12(2)5-7-13/h4-7,14H,3,8-11H2,1-2H3,(H,17,19). The van der Waals surface area contributed by atoms with E-state index in [0.29, 0.717) is 13.2 Å². The SMILES string of the molecule is CCCN1CCOC(=O)C1CC(=O)Nc1ccc(C)cc1. The molecule has 1 aromatic rings. The van der Waals surface area contributed by atoms with Crippen molar-refractivity contribution in [2.75, 3.05) is 25.0 Å². The van der Waals surface area contributed by atoms with E-state index in [2.05, 4.69) is 12.2 Å². The Hall–Kier alpha value is -1.88. The van der Waals surface area contributed by atoms with Crippen molar-refractivity contribution in [3.63, 3.8) is 0 Å². The first-order valence-corrected chi connectivity index (χ1v) is 7.37. The second-order valence-electron chi connectivity index (χ2n) is 5.34. The lowest BCUT2D eigenvalue weighted by molar-refractivity contribution is -0.158. The predicted octanol–water partition coefficient (Wildman–Crippen LogP) is 1.96. The van der Waals surface area contributed by atoms with E-state index in [1.807, 2.05) is 36.1 Å². The van der Waals surface area contributed by atoms with E-state index in [9.17, 15) is 9.59 Å². The maximum atomic E-state index is 12.1. The number of aryl methyl sites for hydroxylation is 1. The highest BCUT2D eigenvalue weighted by Gasteiger charge is 2.32. The van der Waals surface area contributed by atoms with Gasteiger partial charge in [-0.2, -0.15) is 0 Å². The second-order valence-corrected chi connectivity index (χ2v) is 5.34. The summed E-state index contributed by atoms with van der Waals surface area (Å²) in [5.41, 5.74) is 1.88. The summed E-state index contributed by atoms with van der Waals surface area (Å²) >= 11 is 0. The molecule has 0 radical (unpaired) electrons. The number of benzene rings is 1. The van der Waals surface area contributed by atoms with Crippen molar-refractivity contribution in [2.24, 2.45) is 0 Å². The Kier molecular flexibility index (Phi) is 5.33. The Morgan fingerprint density at radius 2 is 2.10 bits per heavy atom. The molecular weight excluding hydrogens is 268 g/mol. The van der Waals surface area contributed by atoms with Crippen molar-refractivity contribution in [1.82, 2.24) is 4.90 Å². The number of hydrogen-bond donors (Lipinski definition) is 1. The molecule has 1 aliphatic rings. The van der Waals surface area contributed by atoms with E-state index in [4.69, 9.17) is 4.74 Å². The highest BCUT2D eigenvalue weighted by atomic mass is 16.5. The molecule has 21 heavy (non-hydrogen) atoms. The first-order valence-electron chi connectivity index (χ1n) is 7.37. The van der Waals surface area contributed by atoms with Crippen LogP contribution in [0.5, 0.6) is 0 Å². The summed E-state index contributed by atoms with van der Waals surface area (Å²) in [6.07, 6.45) is 1.08. The molecule has 1 N–H and O–H groups in total. The minimum Gasteiger partial charge on any atom is -0.463 e. The predicted molar refractivity (Wildman–Crippen MR) is 81.0 cm³/mol. The zero-order chi connectivity index (χ0) is 15.2. The summed E-state index contributed by atoms with van der Waals surface area (Å²) in [4.78, 5) is 26.0. The molecule has 1 amide bonds. The van der Waals surface area contributed by atoms with Crippen LogP contribution in [0, 0.1) is 6.92 Å². The lowest BCUT2D eigenvalue weighted by Crippen LogP contribution is -2.50. The Morgan fingerprint density at radius 1 is 1.38 bits per heavy atom. The quantitative estimate of drug-likeness (QED) is 0.842. The minimum absolute atomic E-state index is 0.132. The van der Waals surface area contributed by atoms with Gasteiger partial charge in [0.25, 0.3) is 0 Å². The van der Waals surface area contributed by atoms with E-state index < -0.39 is 6.04 Å². The first kappa shape index (κ1) is 15.5. The molecular formula is C16H22N2O3. The van der Waals surface area contributed by atoms with Crippen molar-refractivity contribution < 1.29 is 14.3 Å². The van der Waals surface area contributed by atoms with Crippen molar-refractivity contribution in [3.05, 3.63) is 29.8 Å². The maximum Gasteiger partial charge on any atom is 0.323 e. The molecule has 1 saturated heterocycles. The second kappa shape index (κ2) is 7.22. The fraction of sp³-hybridized carbons (Fsp3) is 0.500. The number of ether oxygens (including phenoxy) is 1. The summed E-state index contributed by atoms with van der Waals surface area (Å²) in [5, 5.41) is 2.83. The zero-order valence-electron chi connectivity index (χ0n) is 12.6. The average molecular weight is 290 g/mol. The van der Waals surface area contributed by atoms with E-state index in [-0.39, 0.29) is 18.3 Å². The smallest absolute Gasteiger partial charge is 0.323 e. The lowest BCUT2D eigenvalue weighted by atomic mass is 10.1. The first-order chi connectivity index (χ1) is 10.1. The molecule has 5 nitrogen and oxygen atoms in total. The van der Waals surface area contributed by atoms with Gasteiger partial charge in [0.05, 0.1) is 6.42 Å². The topological polar surface area (TPSA) is 58.6 Å². The number of nitrogens with zero attached hydrogens (tertiary/aromatic N) is 1. The number of carbonyl (C=O) groups is 2. The molecule has 1 unspecified atom stereocenters. The van der Waals surface area contributed by atoms with Crippen LogP contribution in [0.15, 0.2) is 24.3 Å². The summed E-state index contributed by atoms with van der Waals surface area (Å²) in [7, 11) is 0. The van der Waals surface area contributed by atoms with Gasteiger partial charge in [0, 0.05) is 12.2 Å². The van der Waals surface area contributed by atoms with Gasteiger partial charge in [-0.1, -0.05) is 24.6 Å². The minimum atomic E-state index is -0.468. The van der Waals surface area contributed by atoms with Gasteiger partial charge in [0.2, 0.25) is 5.91 Å². The maximum absolute atomic E-state index is 12.1. The molecule has 114 valence electrons. The summed E-state index contributed by atoms with van der Waals surface area (Å²) in [5.74, 6) is -0.461. The molecule has 0 spiro atoms. The largest absolute Gasteiger partial charge is 0.463 e. The Labute approximate surface area is 125 Å². The lowest BCUT2D eigenvalue weighted by Gasteiger charge is -2.33. The number of anilines is 1. The molecule has 1 atom stereocenters. The van der Waals surface area contributed by atoms with E-state index in [1.54, 1.807) is 0 Å².